The van der Waals surface area contributed by atoms with E-state index in [1.165, 1.54) is 19.2 Å². The van der Waals surface area contributed by atoms with Crippen molar-refractivity contribution in [1.29, 1.82) is 0 Å². The minimum absolute atomic E-state index is 0.0500. The first-order valence-corrected chi connectivity index (χ1v) is 6.73. The second-order valence-electron chi connectivity index (χ2n) is 3.53. The van der Waals surface area contributed by atoms with Gasteiger partial charge in [-0.25, -0.2) is 8.42 Å². The Morgan fingerprint density at radius 1 is 1.22 bits per heavy atom. The molecule has 0 saturated heterocycles. The van der Waals surface area contributed by atoms with Gasteiger partial charge in [-0.3, -0.25) is 0 Å². The number of rotatable bonds is 4. The predicted octanol–water partition coefficient (Wildman–Crippen LogP) is -0.357. The zero-order valence-electron chi connectivity index (χ0n) is 10.00. The van der Waals surface area contributed by atoms with Crippen molar-refractivity contribution >= 4 is 10.0 Å². The molecule has 0 unspecified atom stereocenters. The molecule has 1 aromatic rings. The first-order valence-electron chi connectivity index (χ1n) is 5.29. The summed E-state index contributed by atoms with van der Waals surface area (Å²) in [6, 6.07) is 6.04. The monoisotopic (exact) mass is 269 g/mol. The molecule has 0 amide bonds. The molecule has 98 valence electrons. The molecular formula is C12H15NO4S. The van der Waals surface area contributed by atoms with Crippen molar-refractivity contribution in [3.63, 3.8) is 0 Å². The Bertz CT molecular complexity index is 540. The van der Waals surface area contributed by atoms with Crippen LogP contribution >= 0.6 is 0 Å². The Kier molecular flexibility index (Phi) is 5.31. The van der Waals surface area contributed by atoms with E-state index in [4.69, 9.17) is 10.2 Å². The van der Waals surface area contributed by atoms with Crippen LogP contribution in [0.3, 0.4) is 0 Å². The molecular weight excluding hydrogens is 254 g/mol. The van der Waals surface area contributed by atoms with Gasteiger partial charge in [0.1, 0.15) is 6.61 Å². The maximum absolute atomic E-state index is 12.0. The molecule has 0 spiro atoms. The predicted molar refractivity (Wildman–Crippen MR) is 67.3 cm³/mol. The van der Waals surface area contributed by atoms with E-state index >= 15 is 0 Å². The van der Waals surface area contributed by atoms with E-state index in [2.05, 4.69) is 11.8 Å². The topological polar surface area (TPSA) is 77.8 Å². The standard InChI is InChI=1S/C12H15NO4S/c1-13(8-10-15)18(16,17)12-6-4-11(5-7-12)3-2-9-14/h4-7,14-15H,8-10H2,1H3. The molecule has 0 bridgehead atoms. The van der Waals surface area contributed by atoms with Gasteiger partial charge < -0.3 is 10.2 Å². The highest BCUT2D eigenvalue weighted by molar-refractivity contribution is 7.89. The van der Waals surface area contributed by atoms with Crippen LogP contribution in [0, 0.1) is 11.8 Å². The maximum atomic E-state index is 12.0. The Morgan fingerprint density at radius 3 is 2.33 bits per heavy atom. The molecule has 1 aromatic carbocycles. The van der Waals surface area contributed by atoms with Gasteiger partial charge in [0.05, 0.1) is 11.5 Å². The summed E-state index contributed by atoms with van der Waals surface area (Å²) in [4.78, 5) is 0.146. The van der Waals surface area contributed by atoms with Crippen LogP contribution in [0.15, 0.2) is 29.2 Å². The third-order valence-corrected chi connectivity index (χ3v) is 4.16. The van der Waals surface area contributed by atoms with Gasteiger partial charge in [0.25, 0.3) is 0 Å². The average molecular weight is 269 g/mol. The van der Waals surface area contributed by atoms with Crippen molar-refractivity contribution in [1.82, 2.24) is 4.31 Å². The van der Waals surface area contributed by atoms with E-state index in [0.717, 1.165) is 4.31 Å². The lowest BCUT2D eigenvalue weighted by Crippen LogP contribution is -2.29. The number of aliphatic hydroxyl groups excluding tert-OH is 2. The second kappa shape index (κ2) is 6.52. The minimum Gasteiger partial charge on any atom is -0.395 e. The molecule has 0 aliphatic rings. The van der Waals surface area contributed by atoms with E-state index in [-0.39, 0.29) is 24.7 Å². The number of aliphatic hydroxyl groups is 2. The van der Waals surface area contributed by atoms with Gasteiger partial charge in [0.15, 0.2) is 0 Å². The Morgan fingerprint density at radius 2 is 1.83 bits per heavy atom. The fourth-order valence-electron chi connectivity index (χ4n) is 1.29. The number of likely N-dealkylation sites (N-methyl/N-ethyl adjacent to an activating group) is 1. The van der Waals surface area contributed by atoms with Gasteiger partial charge >= 0.3 is 0 Å². The zero-order valence-corrected chi connectivity index (χ0v) is 10.8. The van der Waals surface area contributed by atoms with Crippen molar-refractivity contribution in [2.45, 2.75) is 4.90 Å². The fourth-order valence-corrected chi connectivity index (χ4v) is 2.45. The normalized spacial score (nSPS) is 11.1. The molecule has 18 heavy (non-hydrogen) atoms. The summed E-state index contributed by atoms with van der Waals surface area (Å²) >= 11 is 0. The molecule has 0 saturated carbocycles. The number of hydrogen-bond acceptors (Lipinski definition) is 4. The van der Waals surface area contributed by atoms with E-state index in [1.807, 2.05) is 0 Å². The Labute approximate surface area is 107 Å². The van der Waals surface area contributed by atoms with Crippen LogP contribution in [0.1, 0.15) is 5.56 Å². The van der Waals surface area contributed by atoms with Crippen LogP contribution in [0.2, 0.25) is 0 Å². The Hall–Kier alpha value is -1.39. The van der Waals surface area contributed by atoms with Crippen molar-refractivity contribution in [3.05, 3.63) is 29.8 Å². The third kappa shape index (κ3) is 3.55. The van der Waals surface area contributed by atoms with Gasteiger partial charge in [-0.2, -0.15) is 4.31 Å². The second-order valence-corrected chi connectivity index (χ2v) is 5.58. The number of benzene rings is 1. The highest BCUT2D eigenvalue weighted by Gasteiger charge is 2.19. The molecule has 1 rings (SSSR count). The molecule has 5 nitrogen and oxygen atoms in total. The summed E-state index contributed by atoms with van der Waals surface area (Å²) in [5.74, 6) is 5.16. The first kappa shape index (κ1) is 14.7. The molecule has 0 radical (unpaired) electrons. The number of nitrogens with zero attached hydrogens (tertiary/aromatic N) is 1. The minimum atomic E-state index is -3.56. The van der Waals surface area contributed by atoms with Crippen LogP contribution < -0.4 is 0 Å². The fraction of sp³-hybridized carbons (Fsp3) is 0.333. The van der Waals surface area contributed by atoms with Crippen LogP contribution in [-0.4, -0.2) is 49.7 Å². The smallest absolute Gasteiger partial charge is 0.242 e. The van der Waals surface area contributed by atoms with Crippen LogP contribution in [0.4, 0.5) is 0 Å². The van der Waals surface area contributed by atoms with Crippen molar-refractivity contribution < 1.29 is 18.6 Å². The average Bonchev–Trinajstić information content (AvgIpc) is 2.37. The molecule has 0 fully saturated rings. The highest BCUT2D eigenvalue weighted by Crippen LogP contribution is 2.14. The Balaban J connectivity index is 2.97. The summed E-state index contributed by atoms with van der Waals surface area (Å²) in [6.07, 6.45) is 0. The lowest BCUT2D eigenvalue weighted by Gasteiger charge is -2.15. The van der Waals surface area contributed by atoms with E-state index < -0.39 is 10.0 Å². The summed E-state index contributed by atoms with van der Waals surface area (Å²) in [7, 11) is -2.15. The summed E-state index contributed by atoms with van der Waals surface area (Å²) in [6.45, 7) is -0.413. The lowest BCUT2D eigenvalue weighted by molar-refractivity contribution is 0.266. The van der Waals surface area contributed by atoms with Gasteiger partial charge in [-0.05, 0) is 24.3 Å². The maximum Gasteiger partial charge on any atom is 0.242 e. The van der Waals surface area contributed by atoms with Gasteiger partial charge in [-0.15, -0.1) is 0 Å². The molecule has 0 aliphatic heterocycles. The van der Waals surface area contributed by atoms with E-state index in [0.29, 0.717) is 5.56 Å². The van der Waals surface area contributed by atoms with Crippen LogP contribution in [0.25, 0.3) is 0 Å². The van der Waals surface area contributed by atoms with Crippen LogP contribution in [0.5, 0.6) is 0 Å². The van der Waals surface area contributed by atoms with E-state index in [9.17, 15) is 8.42 Å². The van der Waals surface area contributed by atoms with Gasteiger partial charge in [0, 0.05) is 19.2 Å². The molecule has 0 atom stereocenters. The molecule has 6 heteroatoms. The quantitative estimate of drug-likeness (QED) is 0.732. The summed E-state index contributed by atoms with van der Waals surface area (Å²) < 4.78 is 25.1. The molecule has 0 aliphatic carbocycles. The third-order valence-electron chi connectivity index (χ3n) is 2.29. The molecule has 2 N–H and O–H groups in total. The molecule has 0 aromatic heterocycles. The van der Waals surface area contributed by atoms with Crippen molar-refractivity contribution in [2.24, 2.45) is 0 Å². The zero-order chi connectivity index (χ0) is 13.6. The number of sulfonamides is 1. The van der Waals surface area contributed by atoms with Crippen LogP contribution in [-0.2, 0) is 10.0 Å². The van der Waals surface area contributed by atoms with Gasteiger partial charge in [-0.1, -0.05) is 11.8 Å². The number of hydrogen-bond donors (Lipinski definition) is 2. The largest absolute Gasteiger partial charge is 0.395 e. The molecule has 0 heterocycles. The van der Waals surface area contributed by atoms with E-state index in [1.54, 1.807) is 12.1 Å². The SMILES string of the molecule is CN(CCO)S(=O)(=O)c1ccc(C#CCO)cc1. The summed E-state index contributed by atoms with van der Waals surface area (Å²) in [5, 5.41) is 17.3. The summed E-state index contributed by atoms with van der Waals surface area (Å²) in [5.41, 5.74) is 0.632. The first-order chi connectivity index (χ1) is 8.52. The van der Waals surface area contributed by atoms with Gasteiger partial charge in [0.2, 0.25) is 10.0 Å². The highest BCUT2D eigenvalue weighted by atomic mass is 32.2. The lowest BCUT2D eigenvalue weighted by atomic mass is 10.2. The van der Waals surface area contributed by atoms with Crippen molar-refractivity contribution in [3.8, 4) is 11.8 Å². The van der Waals surface area contributed by atoms with Crippen molar-refractivity contribution in [2.75, 3.05) is 26.8 Å².